The van der Waals surface area contributed by atoms with Crippen LogP contribution < -0.4 is 11.1 Å². The molecule has 0 aliphatic heterocycles. The number of thiophene rings is 1. The molecule has 0 unspecified atom stereocenters. The van der Waals surface area contributed by atoms with Crippen LogP contribution in [0.25, 0.3) is 10.1 Å². The molecule has 3 aromatic rings. The molecule has 0 aliphatic rings. The molecular formula is C15H10ClFN2OS. The maximum absolute atomic E-state index is 13.0. The molecule has 1 amide bonds. The number of rotatable bonds is 2. The standard InChI is InChI=1S/C15H10ClFN2OS/c16-10-7-8(17)5-6-11(10)19-15(20)14-13(18)9-3-1-2-4-12(9)21-14/h1-7H,18H2,(H,19,20). The number of carbonyl (C=O) groups excluding carboxylic acids is 1. The molecule has 21 heavy (non-hydrogen) atoms. The first-order valence-electron chi connectivity index (χ1n) is 6.09. The van der Waals surface area contributed by atoms with E-state index in [-0.39, 0.29) is 10.9 Å². The summed E-state index contributed by atoms with van der Waals surface area (Å²) in [6.45, 7) is 0. The molecule has 6 heteroatoms. The number of hydrogen-bond donors (Lipinski definition) is 2. The summed E-state index contributed by atoms with van der Waals surface area (Å²) in [6.07, 6.45) is 0. The molecule has 3 rings (SSSR count). The van der Waals surface area contributed by atoms with Gasteiger partial charge in [0, 0.05) is 10.1 Å². The lowest BCUT2D eigenvalue weighted by Gasteiger charge is -2.06. The summed E-state index contributed by atoms with van der Waals surface area (Å²) in [4.78, 5) is 12.7. The van der Waals surface area contributed by atoms with Crippen molar-refractivity contribution in [3.63, 3.8) is 0 Å². The number of carbonyl (C=O) groups is 1. The molecule has 0 radical (unpaired) electrons. The van der Waals surface area contributed by atoms with Crippen molar-refractivity contribution in [2.45, 2.75) is 0 Å². The zero-order valence-corrected chi connectivity index (χ0v) is 12.3. The summed E-state index contributed by atoms with van der Waals surface area (Å²) in [5.74, 6) is -0.818. The van der Waals surface area contributed by atoms with E-state index in [4.69, 9.17) is 17.3 Å². The van der Waals surface area contributed by atoms with Gasteiger partial charge in [0.1, 0.15) is 10.7 Å². The Hall–Kier alpha value is -2.11. The van der Waals surface area contributed by atoms with Crippen LogP contribution >= 0.6 is 22.9 Å². The van der Waals surface area contributed by atoms with Crippen molar-refractivity contribution in [3.8, 4) is 0 Å². The van der Waals surface area contributed by atoms with Crippen LogP contribution in [-0.2, 0) is 0 Å². The lowest BCUT2D eigenvalue weighted by molar-refractivity contribution is 0.103. The van der Waals surface area contributed by atoms with E-state index < -0.39 is 5.82 Å². The number of fused-ring (bicyclic) bond motifs is 1. The highest BCUT2D eigenvalue weighted by Crippen LogP contribution is 2.34. The van der Waals surface area contributed by atoms with Crippen LogP contribution in [0.2, 0.25) is 5.02 Å². The minimum absolute atomic E-state index is 0.142. The zero-order valence-electron chi connectivity index (χ0n) is 10.7. The van der Waals surface area contributed by atoms with E-state index in [0.29, 0.717) is 16.3 Å². The van der Waals surface area contributed by atoms with Crippen LogP contribution in [0.3, 0.4) is 0 Å². The number of amides is 1. The lowest BCUT2D eigenvalue weighted by Crippen LogP contribution is -2.12. The third-order valence-corrected chi connectivity index (χ3v) is 4.52. The average Bonchev–Trinajstić information content (AvgIpc) is 2.80. The molecule has 1 heterocycles. The van der Waals surface area contributed by atoms with E-state index in [1.807, 2.05) is 24.3 Å². The molecule has 0 spiro atoms. The third kappa shape index (κ3) is 2.57. The Balaban J connectivity index is 1.95. The molecule has 1 aromatic heterocycles. The fourth-order valence-corrected chi connectivity index (χ4v) is 3.24. The van der Waals surface area contributed by atoms with Gasteiger partial charge in [0.25, 0.3) is 5.91 Å². The molecule has 0 fully saturated rings. The number of hydrogen-bond acceptors (Lipinski definition) is 3. The predicted octanol–water partition coefficient (Wildman–Crippen LogP) is 4.53. The van der Waals surface area contributed by atoms with E-state index in [2.05, 4.69) is 5.32 Å². The summed E-state index contributed by atoms with van der Waals surface area (Å²) in [6, 6.07) is 11.3. The molecule has 3 N–H and O–H groups in total. The normalized spacial score (nSPS) is 10.8. The second-order valence-corrected chi connectivity index (χ2v) is 5.88. The van der Waals surface area contributed by atoms with Crippen LogP contribution in [0.4, 0.5) is 15.8 Å². The summed E-state index contributed by atoms with van der Waals surface area (Å²) in [5.41, 5.74) is 6.80. The molecule has 0 atom stereocenters. The number of benzene rings is 2. The SMILES string of the molecule is Nc1c(C(=O)Nc2ccc(F)cc2Cl)sc2ccccc12. The van der Waals surface area contributed by atoms with Crippen molar-refractivity contribution in [2.24, 2.45) is 0 Å². The van der Waals surface area contributed by atoms with Crippen LogP contribution in [-0.4, -0.2) is 5.91 Å². The lowest BCUT2D eigenvalue weighted by atomic mass is 10.2. The second kappa shape index (κ2) is 5.35. The number of anilines is 2. The van der Waals surface area contributed by atoms with E-state index in [1.54, 1.807) is 0 Å². The molecule has 2 aromatic carbocycles. The number of nitrogens with one attached hydrogen (secondary N) is 1. The monoisotopic (exact) mass is 320 g/mol. The Morgan fingerprint density at radius 3 is 2.71 bits per heavy atom. The van der Waals surface area contributed by atoms with Crippen LogP contribution in [0.1, 0.15) is 9.67 Å². The van der Waals surface area contributed by atoms with E-state index in [9.17, 15) is 9.18 Å². The smallest absolute Gasteiger partial charge is 0.267 e. The number of nitrogen functional groups attached to an aromatic ring is 1. The van der Waals surface area contributed by atoms with Gasteiger partial charge in [-0.2, -0.15) is 0 Å². The molecule has 0 saturated carbocycles. The fourth-order valence-electron chi connectivity index (χ4n) is 2.00. The maximum Gasteiger partial charge on any atom is 0.267 e. The fraction of sp³-hybridized carbons (Fsp3) is 0. The van der Waals surface area contributed by atoms with Crippen molar-refractivity contribution < 1.29 is 9.18 Å². The van der Waals surface area contributed by atoms with Gasteiger partial charge in [-0.1, -0.05) is 29.8 Å². The molecule has 106 valence electrons. The first-order chi connectivity index (χ1) is 10.1. The Morgan fingerprint density at radius 2 is 2.00 bits per heavy atom. The summed E-state index contributed by atoms with van der Waals surface area (Å²) in [7, 11) is 0. The van der Waals surface area contributed by atoms with E-state index >= 15 is 0 Å². The summed E-state index contributed by atoms with van der Waals surface area (Å²) in [5, 5.41) is 3.64. The number of halogens is 2. The highest BCUT2D eigenvalue weighted by Gasteiger charge is 2.17. The topological polar surface area (TPSA) is 55.1 Å². The van der Waals surface area contributed by atoms with Gasteiger partial charge in [-0.25, -0.2) is 4.39 Å². The average molecular weight is 321 g/mol. The van der Waals surface area contributed by atoms with Crippen LogP contribution in [0.5, 0.6) is 0 Å². The minimum Gasteiger partial charge on any atom is -0.397 e. The highest BCUT2D eigenvalue weighted by molar-refractivity contribution is 7.21. The van der Waals surface area contributed by atoms with Gasteiger partial charge >= 0.3 is 0 Å². The Morgan fingerprint density at radius 1 is 1.24 bits per heavy atom. The first-order valence-corrected chi connectivity index (χ1v) is 7.29. The predicted molar refractivity (Wildman–Crippen MR) is 85.6 cm³/mol. The molecule has 3 nitrogen and oxygen atoms in total. The Bertz CT molecular complexity index is 847. The zero-order chi connectivity index (χ0) is 15.0. The van der Waals surface area contributed by atoms with Crippen LogP contribution in [0.15, 0.2) is 42.5 Å². The van der Waals surface area contributed by atoms with Gasteiger partial charge in [0.2, 0.25) is 0 Å². The largest absolute Gasteiger partial charge is 0.397 e. The van der Waals surface area contributed by atoms with Crippen molar-refractivity contribution in [1.29, 1.82) is 0 Å². The van der Waals surface area contributed by atoms with Gasteiger partial charge in [0.15, 0.2) is 0 Å². The quantitative estimate of drug-likeness (QED) is 0.729. The summed E-state index contributed by atoms with van der Waals surface area (Å²) >= 11 is 7.20. The van der Waals surface area contributed by atoms with E-state index in [0.717, 1.165) is 16.2 Å². The van der Waals surface area contributed by atoms with Gasteiger partial charge in [-0.15, -0.1) is 11.3 Å². The van der Waals surface area contributed by atoms with Crippen molar-refractivity contribution in [1.82, 2.24) is 0 Å². The maximum atomic E-state index is 13.0. The van der Waals surface area contributed by atoms with Crippen LogP contribution in [0, 0.1) is 5.82 Å². The van der Waals surface area contributed by atoms with Crippen molar-refractivity contribution in [2.75, 3.05) is 11.1 Å². The Labute approximate surface area is 129 Å². The number of nitrogens with two attached hydrogens (primary N) is 1. The third-order valence-electron chi connectivity index (χ3n) is 3.02. The summed E-state index contributed by atoms with van der Waals surface area (Å²) < 4.78 is 13.9. The minimum atomic E-state index is -0.459. The van der Waals surface area contributed by atoms with Gasteiger partial charge in [-0.05, 0) is 24.3 Å². The first kappa shape index (κ1) is 13.9. The van der Waals surface area contributed by atoms with Crippen molar-refractivity contribution in [3.05, 3.63) is 58.2 Å². The molecule has 0 saturated heterocycles. The van der Waals surface area contributed by atoms with Gasteiger partial charge in [0.05, 0.1) is 16.4 Å². The van der Waals surface area contributed by atoms with E-state index in [1.165, 1.54) is 23.5 Å². The van der Waals surface area contributed by atoms with Gasteiger partial charge in [-0.3, -0.25) is 4.79 Å². The van der Waals surface area contributed by atoms with Gasteiger partial charge < -0.3 is 11.1 Å². The molecule has 0 aliphatic carbocycles. The Kier molecular flexibility index (Phi) is 3.53. The molecular weight excluding hydrogens is 311 g/mol. The second-order valence-electron chi connectivity index (χ2n) is 4.42. The van der Waals surface area contributed by atoms with Crippen molar-refractivity contribution >= 4 is 50.3 Å². The molecule has 0 bridgehead atoms. The highest BCUT2D eigenvalue weighted by atomic mass is 35.5.